The van der Waals surface area contributed by atoms with E-state index in [1.807, 2.05) is 26.8 Å². The van der Waals surface area contributed by atoms with E-state index in [0.29, 0.717) is 30.3 Å². The van der Waals surface area contributed by atoms with Crippen LogP contribution in [-0.4, -0.2) is 53.7 Å². The Morgan fingerprint density at radius 1 is 1.21 bits per heavy atom. The molecule has 1 saturated heterocycles. The van der Waals surface area contributed by atoms with Crippen LogP contribution in [0.1, 0.15) is 49.5 Å². The normalized spacial score (nSPS) is 18.5. The van der Waals surface area contributed by atoms with Crippen molar-refractivity contribution in [2.75, 3.05) is 20.1 Å². The maximum absolute atomic E-state index is 14.7. The molecule has 8 heteroatoms. The number of likely N-dealkylation sites (tertiary alicyclic amines) is 1. The van der Waals surface area contributed by atoms with Gasteiger partial charge in [0, 0.05) is 43.2 Å². The van der Waals surface area contributed by atoms with Crippen molar-refractivity contribution < 1.29 is 23.5 Å². The molecule has 0 aliphatic carbocycles. The summed E-state index contributed by atoms with van der Waals surface area (Å²) in [5.74, 6) is 0.216. The molecule has 2 aliphatic heterocycles. The second-order valence-electron chi connectivity index (χ2n) is 9.62. The van der Waals surface area contributed by atoms with Gasteiger partial charge in [-0.25, -0.2) is 9.18 Å². The van der Waals surface area contributed by atoms with Gasteiger partial charge in [0.2, 0.25) is 0 Å². The first-order chi connectivity index (χ1) is 15.6. The van der Waals surface area contributed by atoms with E-state index < -0.39 is 11.4 Å². The van der Waals surface area contributed by atoms with Gasteiger partial charge in [-0.15, -0.1) is 0 Å². The Labute approximate surface area is 193 Å². The number of carbonyl (C=O) groups is 2. The lowest BCUT2D eigenvalue weighted by Gasteiger charge is -2.35. The smallest absolute Gasteiger partial charge is 0.410 e. The summed E-state index contributed by atoms with van der Waals surface area (Å²) in [6.45, 7) is 6.88. The molecule has 0 radical (unpaired) electrons. The van der Waals surface area contributed by atoms with Crippen molar-refractivity contribution >= 4 is 12.0 Å². The van der Waals surface area contributed by atoms with Crippen LogP contribution in [0.25, 0.3) is 11.3 Å². The van der Waals surface area contributed by atoms with Crippen LogP contribution < -0.4 is 10.1 Å². The average molecular weight is 456 g/mol. The van der Waals surface area contributed by atoms with E-state index in [4.69, 9.17) is 9.47 Å². The van der Waals surface area contributed by atoms with Crippen molar-refractivity contribution in [3.63, 3.8) is 0 Å². The van der Waals surface area contributed by atoms with Gasteiger partial charge in [-0.1, -0.05) is 0 Å². The van der Waals surface area contributed by atoms with E-state index in [1.165, 1.54) is 13.1 Å². The van der Waals surface area contributed by atoms with Gasteiger partial charge >= 0.3 is 6.09 Å². The lowest BCUT2D eigenvalue weighted by atomic mass is 9.89. The summed E-state index contributed by atoms with van der Waals surface area (Å²) in [7, 11) is 1.51. The first kappa shape index (κ1) is 23.0. The van der Waals surface area contributed by atoms with Crippen LogP contribution in [0.3, 0.4) is 0 Å². The second-order valence-corrected chi connectivity index (χ2v) is 9.62. The minimum atomic E-state index is -0.503. The summed E-state index contributed by atoms with van der Waals surface area (Å²) in [5, 5.41) is 2.49. The highest BCUT2D eigenvalue weighted by Crippen LogP contribution is 2.37. The number of hydrogen-bond donors (Lipinski definition) is 1. The first-order valence-electron chi connectivity index (χ1n) is 11.3. The van der Waals surface area contributed by atoms with Crippen LogP contribution in [-0.2, 0) is 11.2 Å². The van der Waals surface area contributed by atoms with E-state index in [1.54, 1.807) is 23.2 Å². The predicted molar refractivity (Wildman–Crippen MR) is 122 cm³/mol. The van der Waals surface area contributed by atoms with Gasteiger partial charge in [0.25, 0.3) is 5.91 Å². The fourth-order valence-electron chi connectivity index (χ4n) is 4.37. The van der Waals surface area contributed by atoms with E-state index in [0.717, 1.165) is 30.6 Å². The Morgan fingerprint density at radius 2 is 1.94 bits per heavy atom. The van der Waals surface area contributed by atoms with Crippen molar-refractivity contribution in [3.05, 3.63) is 47.4 Å². The molecule has 0 saturated carbocycles. The summed E-state index contributed by atoms with van der Waals surface area (Å²) in [4.78, 5) is 30.2. The summed E-state index contributed by atoms with van der Waals surface area (Å²) in [6.07, 6.45) is 3.79. The van der Waals surface area contributed by atoms with Crippen molar-refractivity contribution in [3.8, 4) is 17.0 Å². The van der Waals surface area contributed by atoms with E-state index >= 15 is 0 Å². The van der Waals surface area contributed by atoms with Gasteiger partial charge in [0.05, 0.1) is 11.9 Å². The molecule has 2 aliphatic rings. The third-order valence-corrected chi connectivity index (χ3v) is 6.10. The molecule has 1 N–H and O–H groups in total. The minimum Gasteiger partial charge on any atom is -0.488 e. The number of benzene rings is 1. The fourth-order valence-corrected chi connectivity index (χ4v) is 4.37. The Kier molecular flexibility index (Phi) is 6.28. The molecule has 1 fully saturated rings. The van der Waals surface area contributed by atoms with Gasteiger partial charge in [-0.3, -0.25) is 9.78 Å². The van der Waals surface area contributed by atoms with Gasteiger partial charge < -0.3 is 19.7 Å². The number of fused-ring (bicyclic) bond motifs is 1. The zero-order chi connectivity index (χ0) is 23.8. The van der Waals surface area contributed by atoms with Crippen LogP contribution in [0.4, 0.5) is 9.18 Å². The third kappa shape index (κ3) is 5.10. The molecular weight excluding hydrogens is 425 g/mol. The number of aromatic nitrogens is 1. The molecule has 7 nitrogen and oxygen atoms in total. The lowest BCUT2D eigenvalue weighted by molar-refractivity contribution is 0.0123. The summed E-state index contributed by atoms with van der Waals surface area (Å²) in [5.41, 5.74) is 1.62. The molecule has 0 spiro atoms. The van der Waals surface area contributed by atoms with Crippen LogP contribution in [0.5, 0.6) is 5.75 Å². The molecule has 1 unspecified atom stereocenters. The number of halogens is 1. The number of ether oxygens (including phenoxy) is 2. The first-order valence-corrected chi connectivity index (χ1v) is 11.3. The maximum atomic E-state index is 14.7. The Hall–Kier alpha value is -3.16. The molecule has 4 rings (SSSR count). The standard InChI is InChI=1S/C25H30FN3O4/c1-25(2,3)33-24(31)29-9-7-15(8-10-29)21-13-17-12-20(28-14-22(17)32-21)18-6-5-16(11-19(18)26)23(30)27-4/h5-6,11-12,14-15,21H,7-10,13H2,1-4H3,(H,27,30). The highest BCUT2D eigenvalue weighted by molar-refractivity contribution is 5.94. The molecule has 1 atom stereocenters. The molecule has 3 heterocycles. The molecule has 2 aromatic rings. The molecule has 176 valence electrons. The molecule has 1 aromatic carbocycles. The SMILES string of the molecule is CNC(=O)c1ccc(-c2cc3c(cn2)OC(C2CCN(C(=O)OC(C)(C)C)CC2)C3)c(F)c1. The van der Waals surface area contributed by atoms with Gasteiger partial charge in [0.1, 0.15) is 23.3 Å². The quantitative estimate of drug-likeness (QED) is 0.750. The monoisotopic (exact) mass is 455 g/mol. The number of nitrogens with one attached hydrogen (secondary N) is 1. The zero-order valence-electron chi connectivity index (χ0n) is 19.5. The number of rotatable bonds is 3. The Bertz CT molecular complexity index is 1060. The van der Waals surface area contributed by atoms with Crippen molar-refractivity contribution in [1.82, 2.24) is 15.2 Å². The fraction of sp³-hybridized carbons (Fsp3) is 0.480. The van der Waals surface area contributed by atoms with Crippen LogP contribution in [0.15, 0.2) is 30.5 Å². The Morgan fingerprint density at radius 3 is 2.58 bits per heavy atom. The lowest BCUT2D eigenvalue weighted by Crippen LogP contribution is -2.44. The topological polar surface area (TPSA) is 80.8 Å². The molecule has 1 aromatic heterocycles. The summed E-state index contributed by atoms with van der Waals surface area (Å²) in [6, 6.07) is 6.25. The zero-order valence-corrected chi connectivity index (χ0v) is 19.5. The molecule has 2 amide bonds. The number of amides is 2. The van der Waals surface area contributed by atoms with Crippen LogP contribution in [0, 0.1) is 11.7 Å². The van der Waals surface area contributed by atoms with Gasteiger partial charge in [0.15, 0.2) is 0 Å². The number of nitrogens with zero attached hydrogens (tertiary/aromatic N) is 2. The van der Waals surface area contributed by atoms with E-state index in [9.17, 15) is 14.0 Å². The van der Waals surface area contributed by atoms with Crippen molar-refractivity contribution in [2.45, 2.75) is 51.7 Å². The third-order valence-electron chi connectivity index (χ3n) is 6.10. The summed E-state index contributed by atoms with van der Waals surface area (Å²) >= 11 is 0. The minimum absolute atomic E-state index is 0.0123. The van der Waals surface area contributed by atoms with Crippen LogP contribution >= 0.6 is 0 Å². The number of piperidine rings is 1. The Balaban J connectivity index is 1.40. The highest BCUT2D eigenvalue weighted by atomic mass is 19.1. The largest absolute Gasteiger partial charge is 0.488 e. The van der Waals surface area contributed by atoms with E-state index in [-0.39, 0.29) is 23.7 Å². The van der Waals surface area contributed by atoms with Gasteiger partial charge in [-0.2, -0.15) is 0 Å². The van der Waals surface area contributed by atoms with Crippen molar-refractivity contribution in [2.24, 2.45) is 5.92 Å². The number of hydrogen-bond acceptors (Lipinski definition) is 5. The predicted octanol–water partition coefficient (Wildman–Crippen LogP) is 4.20. The van der Waals surface area contributed by atoms with Crippen molar-refractivity contribution in [1.29, 1.82) is 0 Å². The molecule has 0 bridgehead atoms. The average Bonchev–Trinajstić information content (AvgIpc) is 3.21. The number of pyridine rings is 1. The highest BCUT2D eigenvalue weighted by Gasteiger charge is 2.35. The van der Waals surface area contributed by atoms with Crippen LogP contribution in [0.2, 0.25) is 0 Å². The maximum Gasteiger partial charge on any atom is 0.410 e. The number of carbonyl (C=O) groups excluding carboxylic acids is 2. The van der Waals surface area contributed by atoms with Gasteiger partial charge in [-0.05, 0) is 63.8 Å². The summed E-state index contributed by atoms with van der Waals surface area (Å²) < 4.78 is 26.3. The molecular formula is C25H30FN3O4. The molecule has 33 heavy (non-hydrogen) atoms. The second kappa shape index (κ2) is 9.00. The van der Waals surface area contributed by atoms with E-state index in [2.05, 4.69) is 10.3 Å².